The number of halogens is 2. The minimum atomic E-state index is -0.265. The zero-order valence-electron chi connectivity index (χ0n) is 16.2. The zero-order chi connectivity index (χ0) is 21.3. The molecular weight excluding hydrogens is 427 g/mol. The number of pyridine rings is 1. The second-order valence-electron chi connectivity index (χ2n) is 6.27. The highest BCUT2D eigenvalue weighted by Gasteiger charge is 2.06. The second-order valence-corrected chi connectivity index (χ2v) is 7.12. The van der Waals surface area contributed by atoms with E-state index in [9.17, 15) is 4.79 Å². The van der Waals surface area contributed by atoms with Crippen molar-refractivity contribution in [2.24, 2.45) is 0 Å². The van der Waals surface area contributed by atoms with E-state index in [0.29, 0.717) is 46.3 Å². The van der Waals surface area contributed by atoms with Crippen LogP contribution in [0.25, 0.3) is 0 Å². The normalized spacial score (nSPS) is 10.4. The summed E-state index contributed by atoms with van der Waals surface area (Å²) < 4.78 is 5.39. The lowest BCUT2D eigenvalue weighted by atomic mass is 10.3. The number of anilines is 3. The third-order valence-electron chi connectivity index (χ3n) is 3.84. The van der Waals surface area contributed by atoms with E-state index in [1.165, 1.54) is 6.33 Å². The molecule has 0 atom stereocenters. The fraction of sp³-hybridized carbons (Fsp3) is 0.200. The summed E-state index contributed by atoms with van der Waals surface area (Å²) in [6.07, 6.45) is 3.17. The smallest absolute Gasteiger partial charge is 0.258 e. The summed E-state index contributed by atoms with van der Waals surface area (Å²) in [5, 5.41) is 9.85. The Morgan fingerprint density at radius 3 is 2.60 bits per heavy atom. The third kappa shape index (κ3) is 6.75. The number of rotatable bonds is 9. The van der Waals surface area contributed by atoms with Gasteiger partial charge in [-0.05, 0) is 42.8 Å². The highest BCUT2D eigenvalue weighted by Crippen LogP contribution is 2.27. The van der Waals surface area contributed by atoms with Gasteiger partial charge in [-0.3, -0.25) is 4.79 Å². The van der Waals surface area contributed by atoms with Crippen molar-refractivity contribution in [1.29, 1.82) is 0 Å². The molecule has 0 aliphatic carbocycles. The maximum atomic E-state index is 11.9. The zero-order valence-corrected chi connectivity index (χ0v) is 17.7. The molecule has 8 nitrogen and oxygen atoms in total. The molecule has 1 aromatic carbocycles. The molecule has 30 heavy (non-hydrogen) atoms. The average Bonchev–Trinajstić information content (AvgIpc) is 2.71. The number of hydrogen-bond acceptors (Lipinski definition) is 7. The van der Waals surface area contributed by atoms with Crippen molar-refractivity contribution in [2.45, 2.75) is 6.92 Å². The van der Waals surface area contributed by atoms with Gasteiger partial charge in [0.15, 0.2) is 6.61 Å². The number of aryl methyl sites for hydroxylation is 1. The van der Waals surface area contributed by atoms with Crippen molar-refractivity contribution in [3.8, 4) is 5.75 Å². The lowest BCUT2D eigenvalue weighted by Crippen LogP contribution is -2.32. The largest absolute Gasteiger partial charge is 0.482 e. The molecular formula is C20H20Cl2N6O2. The first kappa shape index (κ1) is 21.6. The molecule has 0 unspecified atom stereocenters. The van der Waals surface area contributed by atoms with Crippen molar-refractivity contribution in [3.05, 3.63) is 64.5 Å². The molecule has 0 spiro atoms. The predicted octanol–water partition coefficient (Wildman–Crippen LogP) is 3.84. The van der Waals surface area contributed by atoms with Crippen LogP contribution in [0.2, 0.25) is 10.0 Å². The Balaban J connectivity index is 1.40. The SMILES string of the molecule is Cc1ccnc(Nc2cc(NCCNC(=O)COc3ccc(Cl)cc3Cl)ncn2)c1. The van der Waals surface area contributed by atoms with Crippen molar-refractivity contribution >= 4 is 46.6 Å². The number of nitrogens with zero attached hydrogens (tertiary/aromatic N) is 3. The van der Waals surface area contributed by atoms with E-state index >= 15 is 0 Å². The highest BCUT2D eigenvalue weighted by atomic mass is 35.5. The van der Waals surface area contributed by atoms with E-state index < -0.39 is 0 Å². The molecule has 0 radical (unpaired) electrons. The van der Waals surface area contributed by atoms with E-state index in [4.69, 9.17) is 27.9 Å². The number of ether oxygens (including phenoxy) is 1. The van der Waals surface area contributed by atoms with Crippen molar-refractivity contribution in [1.82, 2.24) is 20.3 Å². The molecule has 3 rings (SSSR count). The first-order valence-corrected chi connectivity index (χ1v) is 9.85. The van der Waals surface area contributed by atoms with E-state index in [2.05, 4.69) is 30.9 Å². The van der Waals surface area contributed by atoms with Gasteiger partial charge in [0.05, 0.1) is 5.02 Å². The average molecular weight is 447 g/mol. The number of benzene rings is 1. The van der Waals surface area contributed by atoms with Gasteiger partial charge >= 0.3 is 0 Å². The Bertz CT molecular complexity index is 1020. The molecule has 0 aliphatic heterocycles. The molecule has 156 valence electrons. The van der Waals surface area contributed by atoms with Crippen molar-refractivity contribution in [2.75, 3.05) is 30.3 Å². The summed E-state index contributed by atoms with van der Waals surface area (Å²) in [6.45, 7) is 2.71. The minimum absolute atomic E-state index is 0.146. The first-order valence-electron chi connectivity index (χ1n) is 9.10. The van der Waals surface area contributed by atoms with Gasteiger partial charge in [-0.15, -0.1) is 0 Å². The van der Waals surface area contributed by atoms with Crippen LogP contribution in [-0.2, 0) is 4.79 Å². The predicted molar refractivity (Wildman–Crippen MR) is 118 cm³/mol. The second kappa shape index (κ2) is 10.6. The number of amides is 1. The van der Waals surface area contributed by atoms with Crippen LogP contribution in [0.4, 0.5) is 17.5 Å². The van der Waals surface area contributed by atoms with Gasteiger partial charge in [-0.2, -0.15) is 0 Å². The van der Waals surface area contributed by atoms with Crippen LogP contribution in [-0.4, -0.2) is 40.6 Å². The van der Waals surface area contributed by atoms with Crippen molar-refractivity contribution < 1.29 is 9.53 Å². The van der Waals surface area contributed by atoms with Crippen LogP contribution in [0.5, 0.6) is 5.75 Å². The summed E-state index contributed by atoms with van der Waals surface area (Å²) in [5.41, 5.74) is 1.10. The number of nitrogens with one attached hydrogen (secondary N) is 3. The maximum Gasteiger partial charge on any atom is 0.258 e. The molecule has 10 heteroatoms. The Labute approximate surface area is 184 Å². The van der Waals surface area contributed by atoms with E-state index in [1.807, 2.05) is 19.1 Å². The van der Waals surface area contributed by atoms with E-state index in [-0.39, 0.29) is 12.5 Å². The van der Waals surface area contributed by atoms with Gasteiger partial charge in [0.25, 0.3) is 5.91 Å². The number of aromatic nitrogens is 3. The van der Waals surface area contributed by atoms with E-state index in [0.717, 1.165) is 5.56 Å². The van der Waals surface area contributed by atoms with Gasteiger partial charge in [-0.25, -0.2) is 15.0 Å². The molecule has 0 saturated heterocycles. The first-order chi connectivity index (χ1) is 14.5. The summed E-state index contributed by atoms with van der Waals surface area (Å²) in [6, 6.07) is 10.4. The fourth-order valence-corrected chi connectivity index (χ4v) is 2.90. The molecule has 0 bridgehead atoms. The van der Waals surface area contributed by atoms with Crippen LogP contribution in [0.3, 0.4) is 0 Å². The van der Waals surface area contributed by atoms with Gasteiger partial charge in [0, 0.05) is 30.4 Å². The summed E-state index contributed by atoms with van der Waals surface area (Å²) in [5.74, 6) is 2.08. The third-order valence-corrected chi connectivity index (χ3v) is 4.38. The number of carbonyl (C=O) groups excluding carboxylic acids is 1. The Morgan fingerprint density at radius 2 is 1.80 bits per heavy atom. The van der Waals surface area contributed by atoms with Crippen LogP contribution >= 0.6 is 23.2 Å². The standard InChI is InChI=1S/C20H20Cl2N6O2/c1-13-4-5-23-18(8-13)28-19-10-17(26-12-27-19)24-6-7-25-20(29)11-30-16-3-2-14(21)9-15(16)22/h2-5,8-10,12H,6-7,11H2,1H3,(H,25,29)(H2,23,24,26,27,28). The lowest BCUT2D eigenvalue weighted by molar-refractivity contribution is -0.123. The van der Waals surface area contributed by atoms with Crippen LogP contribution in [0.1, 0.15) is 5.56 Å². The Kier molecular flexibility index (Phi) is 7.64. The van der Waals surface area contributed by atoms with Crippen LogP contribution < -0.4 is 20.7 Å². The molecule has 3 N–H and O–H groups in total. The lowest BCUT2D eigenvalue weighted by Gasteiger charge is -2.10. The molecule has 3 aromatic rings. The van der Waals surface area contributed by atoms with Crippen LogP contribution in [0.15, 0.2) is 48.9 Å². The molecule has 0 saturated carbocycles. The topological polar surface area (TPSA) is 101 Å². The van der Waals surface area contributed by atoms with Crippen molar-refractivity contribution in [3.63, 3.8) is 0 Å². The molecule has 1 amide bonds. The monoisotopic (exact) mass is 446 g/mol. The summed E-state index contributed by atoms with van der Waals surface area (Å²) in [4.78, 5) is 24.5. The van der Waals surface area contributed by atoms with E-state index in [1.54, 1.807) is 30.5 Å². The van der Waals surface area contributed by atoms with Crippen LogP contribution in [0, 0.1) is 6.92 Å². The molecule has 0 aliphatic rings. The Morgan fingerprint density at radius 1 is 1.00 bits per heavy atom. The van der Waals surface area contributed by atoms with Gasteiger partial charge < -0.3 is 20.7 Å². The summed E-state index contributed by atoms with van der Waals surface area (Å²) in [7, 11) is 0. The fourth-order valence-electron chi connectivity index (χ4n) is 2.44. The number of carbonyl (C=O) groups is 1. The minimum Gasteiger partial charge on any atom is -0.482 e. The highest BCUT2D eigenvalue weighted by molar-refractivity contribution is 6.35. The summed E-state index contributed by atoms with van der Waals surface area (Å²) >= 11 is 11.8. The molecule has 0 fully saturated rings. The van der Waals surface area contributed by atoms with Gasteiger partial charge in [0.1, 0.15) is 29.5 Å². The molecule has 2 heterocycles. The maximum absolute atomic E-state index is 11.9. The molecule has 2 aromatic heterocycles. The Hall–Kier alpha value is -3.10. The quantitative estimate of drug-likeness (QED) is 0.429. The van der Waals surface area contributed by atoms with Gasteiger partial charge in [-0.1, -0.05) is 23.2 Å². The van der Waals surface area contributed by atoms with Gasteiger partial charge in [0.2, 0.25) is 0 Å². The number of hydrogen-bond donors (Lipinski definition) is 3.